The molecular formula is C10H12Br3NO. The number of hydrogen-bond donors (Lipinski definition) is 2. The molecule has 0 aliphatic heterocycles. The van der Waals surface area contributed by atoms with Crippen molar-refractivity contribution in [2.24, 2.45) is 0 Å². The standard InChI is InChI=1S/C10H12Br3NO/c1-10(2,15)5-14-9-7(12)3-6(11)4-8(9)13/h3-4,14-15H,5H2,1-2H3. The Morgan fingerprint density at radius 1 is 1.20 bits per heavy atom. The van der Waals surface area contributed by atoms with E-state index < -0.39 is 5.60 Å². The molecule has 0 atom stereocenters. The molecule has 0 aromatic heterocycles. The van der Waals surface area contributed by atoms with Gasteiger partial charge < -0.3 is 10.4 Å². The Balaban J connectivity index is 2.86. The summed E-state index contributed by atoms with van der Waals surface area (Å²) in [6.45, 7) is 4.02. The molecule has 0 amide bonds. The van der Waals surface area contributed by atoms with Crippen LogP contribution in [0.2, 0.25) is 0 Å². The van der Waals surface area contributed by atoms with Gasteiger partial charge in [0.25, 0.3) is 0 Å². The third kappa shape index (κ3) is 4.43. The minimum atomic E-state index is -0.730. The molecule has 0 aliphatic rings. The Kier molecular flexibility index (Phi) is 4.64. The number of anilines is 1. The van der Waals surface area contributed by atoms with Crippen molar-refractivity contribution in [1.82, 2.24) is 0 Å². The van der Waals surface area contributed by atoms with E-state index in [9.17, 15) is 5.11 Å². The van der Waals surface area contributed by atoms with E-state index in [0.29, 0.717) is 6.54 Å². The van der Waals surface area contributed by atoms with Crippen LogP contribution in [0.25, 0.3) is 0 Å². The predicted octanol–water partition coefficient (Wildman–Crippen LogP) is 4.16. The fourth-order valence-electron chi connectivity index (χ4n) is 1.02. The molecule has 0 radical (unpaired) electrons. The van der Waals surface area contributed by atoms with Crippen molar-refractivity contribution in [2.75, 3.05) is 11.9 Å². The van der Waals surface area contributed by atoms with Crippen molar-refractivity contribution in [3.05, 3.63) is 25.6 Å². The van der Waals surface area contributed by atoms with Crippen LogP contribution in [0.3, 0.4) is 0 Å². The number of rotatable bonds is 3. The molecule has 0 unspecified atom stereocenters. The highest BCUT2D eigenvalue weighted by molar-refractivity contribution is 9.11. The van der Waals surface area contributed by atoms with Gasteiger partial charge in [0.1, 0.15) is 0 Å². The van der Waals surface area contributed by atoms with Crippen LogP contribution < -0.4 is 5.32 Å². The minimum Gasteiger partial charge on any atom is -0.389 e. The van der Waals surface area contributed by atoms with Crippen LogP contribution in [0.4, 0.5) is 5.69 Å². The molecule has 1 rings (SSSR count). The van der Waals surface area contributed by atoms with Crippen LogP contribution in [0, 0.1) is 0 Å². The summed E-state index contributed by atoms with van der Waals surface area (Å²) in [5, 5.41) is 12.8. The molecule has 0 saturated carbocycles. The van der Waals surface area contributed by atoms with E-state index in [0.717, 1.165) is 19.1 Å². The fourth-order valence-corrected chi connectivity index (χ4v) is 3.55. The van der Waals surface area contributed by atoms with Crippen LogP contribution in [0.1, 0.15) is 13.8 Å². The molecule has 5 heteroatoms. The summed E-state index contributed by atoms with van der Waals surface area (Å²) in [6, 6.07) is 3.91. The van der Waals surface area contributed by atoms with Gasteiger partial charge in [-0.3, -0.25) is 0 Å². The van der Waals surface area contributed by atoms with E-state index in [-0.39, 0.29) is 0 Å². The van der Waals surface area contributed by atoms with Gasteiger partial charge in [-0.05, 0) is 57.8 Å². The van der Waals surface area contributed by atoms with E-state index in [4.69, 9.17) is 0 Å². The van der Waals surface area contributed by atoms with Gasteiger partial charge in [0.2, 0.25) is 0 Å². The zero-order valence-electron chi connectivity index (χ0n) is 8.44. The van der Waals surface area contributed by atoms with Gasteiger partial charge in [-0.15, -0.1) is 0 Å². The normalized spacial score (nSPS) is 11.6. The lowest BCUT2D eigenvalue weighted by Crippen LogP contribution is -2.29. The quantitative estimate of drug-likeness (QED) is 0.797. The third-order valence-corrected chi connectivity index (χ3v) is 3.41. The Labute approximate surface area is 115 Å². The van der Waals surface area contributed by atoms with Crippen molar-refractivity contribution in [3.8, 4) is 0 Å². The van der Waals surface area contributed by atoms with Crippen molar-refractivity contribution in [1.29, 1.82) is 0 Å². The average Bonchev–Trinajstić information content (AvgIpc) is 1.99. The topological polar surface area (TPSA) is 32.3 Å². The predicted molar refractivity (Wildman–Crippen MR) is 74.3 cm³/mol. The lowest BCUT2D eigenvalue weighted by atomic mass is 10.1. The third-order valence-electron chi connectivity index (χ3n) is 1.70. The Morgan fingerprint density at radius 2 is 1.67 bits per heavy atom. The molecule has 0 fully saturated rings. The molecule has 0 aliphatic carbocycles. The van der Waals surface area contributed by atoms with E-state index >= 15 is 0 Å². The fraction of sp³-hybridized carbons (Fsp3) is 0.400. The largest absolute Gasteiger partial charge is 0.389 e. The van der Waals surface area contributed by atoms with Gasteiger partial charge in [-0.2, -0.15) is 0 Å². The van der Waals surface area contributed by atoms with Crippen molar-refractivity contribution < 1.29 is 5.11 Å². The Morgan fingerprint density at radius 3 is 2.07 bits per heavy atom. The van der Waals surface area contributed by atoms with Crippen molar-refractivity contribution >= 4 is 53.5 Å². The minimum absolute atomic E-state index is 0.492. The summed E-state index contributed by atoms with van der Waals surface area (Å²) >= 11 is 10.3. The molecule has 0 spiro atoms. The number of hydrogen-bond acceptors (Lipinski definition) is 2. The second-order valence-corrected chi connectivity index (χ2v) is 6.53. The van der Waals surface area contributed by atoms with Gasteiger partial charge in [0.15, 0.2) is 0 Å². The van der Waals surface area contributed by atoms with Gasteiger partial charge >= 0.3 is 0 Å². The highest BCUT2D eigenvalue weighted by Gasteiger charge is 2.14. The first-order valence-corrected chi connectivity index (χ1v) is 6.78. The van der Waals surface area contributed by atoms with Gasteiger partial charge in [0, 0.05) is 20.0 Å². The number of aliphatic hydroxyl groups is 1. The molecule has 0 saturated heterocycles. The summed E-state index contributed by atoms with van der Waals surface area (Å²) < 4.78 is 2.90. The molecule has 84 valence electrons. The zero-order valence-corrected chi connectivity index (χ0v) is 13.2. The monoisotopic (exact) mass is 399 g/mol. The number of benzene rings is 1. The first-order valence-electron chi connectivity index (χ1n) is 4.40. The molecule has 2 nitrogen and oxygen atoms in total. The number of nitrogens with one attached hydrogen (secondary N) is 1. The molecule has 15 heavy (non-hydrogen) atoms. The first kappa shape index (κ1) is 13.5. The van der Waals surface area contributed by atoms with Crippen LogP contribution >= 0.6 is 47.8 Å². The zero-order chi connectivity index (χ0) is 11.6. The maximum absolute atomic E-state index is 9.61. The highest BCUT2D eigenvalue weighted by Crippen LogP contribution is 2.34. The summed E-state index contributed by atoms with van der Waals surface area (Å²) in [4.78, 5) is 0. The molecule has 0 bridgehead atoms. The van der Waals surface area contributed by atoms with Crippen LogP contribution in [0.15, 0.2) is 25.6 Å². The van der Waals surface area contributed by atoms with E-state index in [1.807, 2.05) is 12.1 Å². The lowest BCUT2D eigenvalue weighted by Gasteiger charge is -2.20. The van der Waals surface area contributed by atoms with E-state index in [2.05, 4.69) is 53.1 Å². The van der Waals surface area contributed by atoms with Crippen LogP contribution in [-0.2, 0) is 0 Å². The van der Waals surface area contributed by atoms with Crippen molar-refractivity contribution in [3.63, 3.8) is 0 Å². The second kappa shape index (κ2) is 5.17. The molecule has 2 N–H and O–H groups in total. The van der Waals surface area contributed by atoms with Crippen LogP contribution in [0.5, 0.6) is 0 Å². The number of halogens is 3. The van der Waals surface area contributed by atoms with Crippen LogP contribution in [-0.4, -0.2) is 17.3 Å². The average molecular weight is 402 g/mol. The van der Waals surface area contributed by atoms with Gasteiger partial charge in [-0.1, -0.05) is 15.9 Å². The maximum atomic E-state index is 9.61. The molecule has 0 heterocycles. The summed E-state index contributed by atoms with van der Waals surface area (Å²) in [6.07, 6.45) is 0. The highest BCUT2D eigenvalue weighted by atomic mass is 79.9. The lowest BCUT2D eigenvalue weighted by molar-refractivity contribution is 0.0945. The SMILES string of the molecule is CC(C)(O)CNc1c(Br)cc(Br)cc1Br. The van der Waals surface area contributed by atoms with Gasteiger partial charge in [-0.25, -0.2) is 0 Å². The van der Waals surface area contributed by atoms with Gasteiger partial charge in [0.05, 0.1) is 11.3 Å². The molecular weight excluding hydrogens is 390 g/mol. The Bertz CT molecular complexity index is 337. The summed E-state index contributed by atoms with van der Waals surface area (Å²) in [7, 11) is 0. The first-order chi connectivity index (χ1) is 6.79. The maximum Gasteiger partial charge on any atom is 0.0763 e. The van der Waals surface area contributed by atoms with E-state index in [1.165, 1.54) is 0 Å². The summed E-state index contributed by atoms with van der Waals surface area (Å²) in [5.41, 5.74) is 0.215. The smallest absolute Gasteiger partial charge is 0.0763 e. The second-order valence-electron chi connectivity index (χ2n) is 3.91. The van der Waals surface area contributed by atoms with E-state index in [1.54, 1.807) is 13.8 Å². The summed E-state index contributed by atoms with van der Waals surface area (Å²) in [5.74, 6) is 0. The van der Waals surface area contributed by atoms with Crippen molar-refractivity contribution in [2.45, 2.75) is 19.4 Å². The Hall–Kier alpha value is 0.420. The molecule has 1 aromatic rings. The molecule has 1 aromatic carbocycles.